The second-order valence-corrected chi connectivity index (χ2v) is 9.62. The molecule has 2 aromatic rings. The molecular weight excluding hydrogens is 372 g/mol. The van der Waals surface area contributed by atoms with Gasteiger partial charge in [-0.2, -0.15) is 4.31 Å². The van der Waals surface area contributed by atoms with E-state index in [4.69, 9.17) is 0 Å². The van der Waals surface area contributed by atoms with E-state index in [0.29, 0.717) is 25.2 Å². The molecule has 2 heterocycles. The number of rotatable bonds is 3. The van der Waals surface area contributed by atoms with Gasteiger partial charge in [0.2, 0.25) is 10.0 Å². The van der Waals surface area contributed by atoms with E-state index in [1.54, 1.807) is 33.5 Å². The molecule has 2 aliphatic heterocycles. The van der Waals surface area contributed by atoms with Gasteiger partial charge in [0.05, 0.1) is 4.90 Å². The molecule has 0 saturated carbocycles. The normalized spacial score (nSPS) is 20.6. The first-order chi connectivity index (χ1) is 13.5. The van der Waals surface area contributed by atoms with Gasteiger partial charge in [-0.05, 0) is 55.5 Å². The Balaban J connectivity index is 1.58. The second-order valence-electron chi connectivity index (χ2n) is 7.73. The van der Waals surface area contributed by atoms with Crippen molar-refractivity contribution in [1.82, 2.24) is 9.21 Å². The predicted molar refractivity (Wildman–Crippen MR) is 109 cm³/mol. The summed E-state index contributed by atoms with van der Waals surface area (Å²) in [6.07, 6.45) is 3.65. The lowest BCUT2D eigenvalue weighted by molar-refractivity contribution is 0.0734. The Morgan fingerprint density at radius 1 is 1.00 bits per heavy atom. The average molecular weight is 399 g/mol. The summed E-state index contributed by atoms with van der Waals surface area (Å²) in [6, 6.07) is 14.7. The van der Waals surface area contributed by atoms with Crippen LogP contribution in [0.5, 0.6) is 0 Å². The van der Waals surface area contributed by atoms with Crippen LogP contribution in [-0.2, 0) is 23.0 Å². The van der Waals surface area contributed by atoms with Gasteiger partial charge >= 0.3 is 0 Å². The molecule has 0 bridgehead atoms. The Morgan fingerprint density at radius 2 is 1.79 bits per heavy atom. The van der Waals surface area contributed by atoms with E-state index in [-0.39, 0.29) is 16.8 Å². The van der Waals surface area contributed by atoms with Crippen molar-refractivity contribution in [3.63, 3.8) is 0 Å². The molecule has 1 fully saturated rings. The molecule has 0 spiro atoms. The third-order valence-corrected chi connectivity index (χ3v) is 7.86. The maximum absolute atomic E-state index is 13.1. The summed E-state index contributed by atoms with van der Waals surface area (Å²) in [5.41, 5.74) is 2.88. The van der Waals surface area contributed by atoms with Gasteiger partial charge in [-0.25, -0.2) is 8.42 Å². The van der Waals surface area contributed by atoms with Crippen LogP contribution in [0.25, 0.3) is 0 Å². The zero-order valence-corrected chi connectivity index (χ0v) is 17.0. The zero-order chi connectivity index (χ0) is 19.7. The summed E-state index contributed by atoms with van der Waals surface area (Å²) >= 11 is 0. The van der Waals surface area contributed by atoms with E-state index in [0.717, 1.165) is 31.2 Å². The fourth-order valence-electron chi connectivity index (χ4n) is 4.21. The second kappa shape index (κ2) is 7.68. The summed E-state index contributed by atoms with van der Waals surface area (Å²) < 4.78 is 27.8. The number of hydrogen-bond acceptors (Lipinski definition) is 3. The molecule has 148 valence electrons. The molecule has 4 rings (SSSR count). The minimum Gasteiger partial charge on any atom is -0.334 e. The molecular formula is C22H26N2O3S. The standard InChI is InChI=1S/C22H26N2O3S/c1-17-7-4-5-13-24(17)28(26,27)21-11-6-10-19(15-21)22(25)23-14-12-18-8-2-3-9-20(18)16-23/h2-3,6,8-11,15,17H,4-5,7,12-14,16H2,1H3. The zero-order valence-electron chi connectivity index (χ0n) is 16.2. The Labute approximate surface area is 167 Å². The van der Waals surface area contributed by atoms with Gasteiger partial charge in [-0.1, -0.05) is 36.8 Å². The maximum Gasteiger partial charge on any atom is 0.254 e. The number of nitrogens with zero attached hydrogens (tertiary/aromatic N) is 2. The molecule has 28 heavy (non-hydrogen) atoms. The van der Waals surface area contributed by atoms with Gasteiger partial charge in [0.15, 0.2) is 0 Å². The molecule has 0 N–H and O–H groups in total. The molecule has 1 unspecified atom stereocenters. The molecule has 6 heteroatoms. The average Bonchev–Trinajstić information content (AvgIpc) is 2.73. The largest absolute Gasteiger partial charge is 0.334 e. The third-order valence-electron chi connectivity index (χ3n) is 5.85. The van der Waals surface area contributed by atoms with E-state index < -0.39 is 10.0 Å². The van der Waals surface area contributed by atoms with Crippen LogP contribution < -0.4 is 0 Å². The Kier molecular flexibility index (Phi) is 5.25. The van der Waals surface area contributed by atoms with Crippen LogP contribution in [0, 0.1) is 0 Å². The van der Waals surface area contributed by atoms with E-state index in [1.165, 1.54) is 5.56 Å². The van der Waals surface area contributed by atoms with Crippen LogP contribution >= 0.6 is 0 Å². The topological polar surface area (TPSA) is 57.7 Å². The Bertz CT molecular complexity index is 987. The first-order valence-electron chi connectivity index (χ1n) is 9.95. The fourth-order valence-corrected chi connectivity index (χ4v) is 5.95. The summed E-state index contributed by atoms with van der Waals surface area (Å²) in [7, 11) is -3.58. The Hall–Kier alpha value is -2.18. The first-order valence-corrected chi connectivity index (χ1v) is 11.4. The molecule has 1 saturated heterocycles. The van der Waals surface area contributed by atoms with Crippen LogP contribution in [0.4, 0.5) is 0 Å². The van der Waals surface area contributed by atoms with E-state index in [9.17, 15) is 13.2 Å². The highest BCUT2D eigenvalue weighted by molar-refractivity contribution is 7.89. The van der Waals surface area contributed by atoms with Gasteiger partial charge < -0.3 is 4.90 Å². The SMILES string of the molecule is CC1CCCCN1S(=O)(=O)c1cccc(C(=O)N2CCc3ccccc3C2)c1. The number of fused-ring (bicyclic) bond motifs is 1. The molecule has 2 aromatic carbocycles. The lowest BCUT2D eigenvalue weighted by atomic mass is 9.99. The molecule has 0 aliphatic carbocycles. The number of carbonyl (C=O) groups is 1. The van der Waals surface area contributed by atoms with Gasteiger partial charge in [0.1, 0.15) is 0 Å². The maximum atomic E-state index is 13.1. The molecule has 5 nitrogen and oxygen atoms in total. The van der Waals surface area contributed by atoms with E-state index >= 15 is 0 Å². The molecule has 2 aliphatic rings. The van der Waals surface area contributed by atoms with Crippen molar-refractivity contribution in [2.24, 2.45) is 0 Å². The van der Waals surface area contributed by atoms with Gasteiger partial charge in [-0.3, -0.25) is 4.79 Å². The minimum atomic E-state index is -3.58. The number of piperidine rings is 1. The number of hydrogen-bond donors (Lipinski definition) is 0. The molecule has 0 radical (unpaired) electrons. The van der Waals surface area contributed by atoms with Gasteiger partial charge in [-0.15, -0.1) is 0 Å². The minimum absolute atomic E-state index is 0.00305. The van der Waals surface area contributed by atoms with E-state index in [2.05, 4.69) is 6.07 Å². The highest BCUT2D eigenvalue weighted by Crippen LogP contribution is 2.26. The quantitative estimate of drug-likeness (QED) is 0.796. The van der Waals surface area contributed by atoms with Crippen molar-refractivity contribution in [2.45, 2.75) is 50.1 Å². The van der Waals surface area contributed by atoms with Crippen molar-refractivity contribution in [1.29, 1.82) is 0 Å². The van der Waals surface area contributed by atoms with Crippen LogP contribution in [0.1, 0.15) is 47.7 Å². The third kappa shape index (κ3) is 3.59. The lowest BCUT2D eigenvalue weighted by Crippen LogP contribution is -2.42. The van der Waals surface area contributed by atoms with Crippen molar-refractivity contribution >= 4 is 15.9 Å². The van der Waals surface area contributed by atoms with Gasteiger partial charge in [0, 0.05) is 31.2 Å². The first kappa shape index (κ1) is 19.2. The molecule has 1 atom stereocenters. The Morgan fingerprint density at radius 3 is 2.57 bits per heavy atom. The van der Waals surface area contributed by atoms with Crippen LogP contribution in [-0.4, -0.2) is 42.7 Å². The monoisotopic (exact) mass is 398 g/mol. The van der Waals surface area contributed by atoms with Crippen LogP contribution in [0.15, 0.2) is 53.4 Å². The smallest absolute Gasteiger partial charge is 0.254 e. The number of benzene rings is 2. The van der Waals surface area contributed by atoms with Crippen LogP contribution in [0.2, 0.25) is 0 Å². The molecule has 0 aromatic heterocycles. The summed E-state index contributed by atoms with van der Waals surface area (Å²) in [5, 5.41) is 0. The predicted octanol–water partition coefficient (Wildman–Crippen LogP) is 3.45. The molecule has 1 amide bonds. The number of sulfonamides is 1. The van der Waals surface area contributed by atoms with Crippen molar-refractivity contribution in [3.05, 3.63) is 65.2 Å². The highest BCUT2D eigenvalue weighted by atomic mass is 32.2. The van der Waals surface area contributed by atoms with Crippen molar-refractivity contribution < 1.29 is 13.2 Å². The summed E-state index contributed by atoms with van der Waals surface area (Å²) in [6.45, 7) is 3.71. The van der Waals surface area contributed by atoms with Crippen molar-refractivity contribution in [2.75, 3.05) is 13.1 Å². The fraction of sp³-hybridized carbons (Fsp3) is 0.409. The number of amides is 1. The summed E-state index contributed by atoms with van der Waals surface area (Å²) in [5.74, 6) is -0.113. The number of carbonyl (C=O) groups excluding carboxylic acids is 1. The lowest BCUT2D eigenvalue weighted by Gasteiger charge is -2.32. The van der Waals surface area contributed by atoms with Crippen molar-refractivity contribution in [3.8, 4) is 0 Å². The summed E-state index contributed by atoms with van der Waals surface area (Å²) in [4.78, 5) is 15.1. The highest BCUT2D eigenvalue weighted by Gasteiger charge is 2.31. The van der Waals surface area contributed by atoms with E-state index in [1.807, 2.05) is 25.1 Å². The van der Waals surface area contributed by atoms with Crippen LogP contribution in [0.3, 0.4) is 0 Å². The van der Waals surface area contributed by atoms with Gasteiger partial charge in [0.25, 0.3) is 5.91 Å².